The quantitative estimate of drug-likeness (QED) is 0.0261. The SMILES string of the molecule is CC/C=C\C/C=C\C/C=C\C/C=C\CCCCCCCCCCCCCCCCCCCCCCC(=O)OCC(COC(=O)CCCCCCCCCC)OC(=O)CCCCCCCCCCCCCCCCCCCCCCCCCC. The molecule has 0 amide bonds. The number of carbonyl (C=O) groups is 3. The topological polar surface area (TPSA) is 78.9 Å². The van der Waals surface area contributed by atoms with E-state index in [4.69, 9.17) is 14.2 Å². The maximum absolute atomic E-state index is 12.9. The van der Waals surface area contributed by atoms with E-state index in [1.807, 2.05) is 0 Å². The van der Waals surface area contributed by atoms with Crippen molar-refractivity contribution in [2.75, 3.05) is 13.2 Å². The molecule has 0 fully saturated rings. The molecule has 0 saturated heterocycles. The predicted molar refractivity (Wildman–Crippen MR) is 362 cm³/mol. The highest BCUT2D eigenvalue weighted by Crippen LogP contribution is 2.19. The minimum Gasteiger partial charge on any atom is -0.462 e. The van der Waals surface area contributed by atoms with Crippen molar-refractivity contribution >= 4 is 17.9 Å². The summed E-state index contributed by atoms with van der Waals surface area (Å²) in [6.07, 6.45) is 91.9. The van der Waals surface area contributed by atoms with Gasteiger partial charge in [-0.25, -0.2) is 0 Å². The molecule has 6 nitrogen and oxygen atoms in total. The van der Waals surface area contributed by atoms with E-state index in [1.165, 1.54) is 283 Å². The van der Waals surface area contributed by atoms with Gasteiger partial charge in [-0.05, 0) is 57.8 Å². The Kier molecular flexibility index (Phi) is 69.6. The van der Waals surface area contributed by atoms with E-state index >= 15 is 0 Å². The van der Waals surface area contributed by atoms with Gasteiger partial charge >= 0.3 is 17.9 Å². The Balaban J connectivity index is 4.00. The monoisotopic (exact) mass is 1160 g/mol. The van der Waals surface area contributed by atoms with Crippen LogP contribution in [0.4, 0.5) is 0 Å². The lowest BCUT2D eigenvalue weighted by molar-refractivity contribution is -0.167. The molecule has 0 radical (unpaired) electrons. The third-order valence-electron chi connectivity index (χ3n) is 16.8. The van der Waals surface area contributed by atoms with E-state index in [0.717, 1.165) is 83.5 Å². The highest BCUT2D eigenvalue weighted by Gasteiger charge is 2.20. The van der Waals surface area contributed by atoms with Crippen molar-refractivity contribution in [1.29, 1.82) is 0 Å². The molecule has 0 bridgehead atoms. The van der Waals surface area contributed by atoms with Crippen LogP contribution in [-0.4, -0.2) is 37.2 Å². The summed E-state index contributed by atoms with van der Waals surface area (Å²) in [6.45, 7) is 6.58. The smallest absolute Gasteiger partial charge is 0.306 e. The van der Waals surface area contributed by atoms with E-state index in [9.17, 15) is 14.4 Å². The van der Waals surface area contributed by atoms with Gasteiger partial charge in [0.2, 0.25) is 0 Å². The molecule has 6 heteroatoms. The third kappa shape index (κ3) is 70.0. The maximum atomic E-state index is 12.9. The molecule has 0 N–H and O–H groups in total. The summed E-state index contributed by atoms with van der Waals surface area (Å²) in [5, 5.41) is 0. The van der Waals surface area contributed by atoms with Crippen LogP contribution in [0.5, 0.6) is 0 Å². The van der Waals surface area contributed by atoms with Crippen molar-refractivity contribution in [3.8, 4) is 0 Å². The number of hydrogen-bond donors (Lipinski definition) is 0. The normalized spacial score (nSPS) is 12.3. The second-order valence-corrected chi connectivity index (χ2v) is 25.2. The zero-order valence-electron chi connectivity index (χ0n) is 56.0. The van der Waals surface area contributed by atoms with Crippen LogP contribution in [0.15, 0.2) is 48.6 Å². The van der Waals surface area contributed by atoms with Gasteiger partial charge in [0.1, 0.15) is 13.2 Å². The summed E-state index contributed by atoms with van der Waals surface area (Å²) >= 11 is 0. The molecule has 0 aromatic rings. The molecule has 1 unspecified atom stereocenters. The first-order valence-corrected chi connectivity index (χ1v) is 37.1. The first-order valence-electron chi connectivity index (χ1n) is 37.1. The van der Waals surface area contributed by atoms with Crippen molar-refractivity contribution < 1.29 is 28.6 Å². The fraction of sp³-hybridized carbons (Fsp3) is 0.857. The Labute approximate surface area is 518 Å². The second-order valence-electron chi connectivity index (χ2n) is 25.2. The Morgan fingerprint density at radius 1 is 0.253 bits per heavy atom. The summed E-state index contributed by atoms with van der Waals surface area (Å²) in [7, 11) is 0. The zero-order valence-corrected chi connectivity index (χ0v) is 56.0. The van der Waals surface area contributed by atoms with Gasteiger partial charge < -0.3 is 14.2 Å². The van der Waals surface area contributed by atoms with E-state index in [1.54, 1.807) is 0 Å². The maximum Gasteiger partial charge on any atom is 0.306 e. The first-order chi connectivity index (χ1) is 41.0. The highest BCUT2D eigenvalue weighted by molar-refractivity contribution is 5.71. The van der Waals surface area contributed by atoms with Crippen molar-refractivity contribution in [3.63, 3.8) is 0 Å². The number of rotatable bonds is 69. The van der Waals surface area contributed by atoms with Gasteiger partial charge in [0.05, 0.1) is 0 Å². The van der Waals surface area contributed by atoms with Gasteiger partial charge in [-0.3, -0.25) is 14.4 Å². The van der Waals surface area contributed by atoms with Gasteiger partial charge in [0.25, 0.3) is 0 Å². The fourth-order valence-electron chi connectivity index (χ4n) is 11.3. The molecular formula is C77H142O6. The van der Waals surface area contributed by atoms with Gasteiger partial charge in [0.15, 0.2) is 6.10 Å². The average Bonchev–Trinajstić information content (AvgIpc) is 3.49. The van der Waals surface area contributed by atoms with Crippen LogP contribution < -0.4 is 0 Å². The molecule has 0 aliphatic carbocycles. The van der Waals surface area contributed by atoms with Crippen LogP contribution in [0.3, 0.4) is 0 Å². The lowest BCUT2D eigenvalue weighted by Crippen LogP contribution is -2.30. The molecule has 486 valence electrons. The molecule has 0 aromatic heterocycles. The molecule has 1 atom stereocenters. The van der Waals surface area contributed by atoms with E-state index < -0.39 is 6.10 Å². The van der Waals surface area contributed by atoms with Crippen molar-refractivity contribution in [1.82, 2.24) is 0 Å². The summed E-state index contributed by atoms with van der Waals surface area (Å²) < 4.78 is 16.9. The molecule has 0 heterocycles. The van der Waals surface area contributed by atoms with Crippen LogP contribution in [0.25, 0.3) is 0 Å². The van der Waals surface area contributed by atoms with Gasteiger partial charge in [0, 0.05) is 19.3 Å². The van der Waals surface area contributed by atoms with Gasteiger partial charge in [-0.1, -0.05) is 378 Å². The standard InChI is InChI=1S/C77H142O6/c1-4-7-10-13-16-19-21-23-25-27-29-31-33-35-36-37-38-39-40-41-42-43-45-46-48-50-52-54-56-58-61-64-67-70-76(79)82-73-74(72-81-75(78)69-66-63-60-18-15-12-9-6-3)83-77(80)71-68-65-62-59-57-55-53-51-49-47-44-34-32-30-28-26-24-22-20-17-14-11-8-5-2/h7,10,16,19,23,25,29,31,74H,4-6,8-9,11-15,17-18,20-22,24,26-28,30,32-73H2,1-3H3/b10-7-,19-16-,25-23-,31-29-. The first kappa shape index (κ1) is 80.4. The number of allylic oxidation sites excluding steroid dienone is 8. The van der Waals surface area contributed by atoms with E-state index in [0.29, 0.717) is 19.3 Å². The van der Waals surface area contributed by atoms with Crippen LogP contribution in [-0.2, 0) is 28.6 Å². The molecule has 0 aliphatic rings. The van der Waals surface area contributed by atoms with Crippen LogP contribution in [0.1, 0.15) is 406 Å². The zero-order chi connectivity index (χ0) is 59.9. The van der Waals surface area contributed by atoms with Crippen molar-refractivity contribution in [2.24, 2.45) is 0 Å². The van der Waals surface area contributed by atoms with Crippen molar-refractivity contribution in [3.05, 3.63) is 48.6 Å². The number of esters is 3. The summed E-state index contributed by atoms with van der Waals surface area (Å²) in [4.78, 5) is 38.3. The minimum atomic E-state index is -0.767. The molecule has 0 rings (SSSR count). The van der Waals surface area contributed by atoms with Crippen LogP contribution in [0.2, 0.25) is 0 Å². The van der Waals surface area contributed by atoms with Gasteiger partial charge in [-0.15, -0.1) is 0 Å². The number of unbranched alkanes of at least 4 members (excludes halogenated alkanes) is 50. The number of ether oxygens (including phenoxy) is 3. The van der Waals surface area contributed by atoms with Gasteiger partial charge in [-0.2, -0.15) is 0 Å². The predicted octanol–water partition coefficient (Wildman–Crippen LogP) is 25.7. The number of carbonyl (C=O) groups excluding carboxylic acids is 3. The number of hydrogen-bond acceptors (Lipinski definition) is 6. The average molecular weight is 1160 g/mol. The summed E-state index contributed by atoms with van der Waals surface area (Å²) in [5.41, 5.74) is 0. The molecule has 0 spiro atoms. The van der Waals surface area contributed by atoms with E-state index in [-0.39, 0.29) is 31.1 Å². The largest absolute Gasteiger partial charge is 0.462 e. The Hall–Kier alpha value is -2.63. The van der Waals surface area contributed by atoms with Crippen LogP contribution >= 0.6 is 0 Å². The summed E-state index contributed by atoms with van der Waals surface area (Å²) in [5.74, 6) is -0.838. The van der Waals surface area contributed by atoms with Crippen molar-refractivity contribution in [2.45, 2.75) is 412 Å². The fourth-order valence-corrected chi connectivity index (χ4v) is 11.3. The lowest BCUT2D eigenvalue weighted by atomic mass is 10.0. The Bertz CT molecular complexity index is 1430. The highest BCUT2D eigenvalue weighted by atomic mass is 16.6. The molecule has 83 heavy (non-hydrogen) atoms. The summed E-state index contributed by atoms with van der Waals surface area (Å²) in [6, 6.07) is 0. The minimum absolute atomic E-state index is 0.0651. The third-order valence-corrected chi connectivity index (χ3v) is 16.8. The molecule has 0 aromatic carbocycles. The molecule has 0 aliphatic heterocycles. The van der Waals surface area contributed by atoms with Crippen LogP contribution in [0, 0.1) is 0 Å². The Morgan fingerprint density at radius 3 is 0.735 bits per heavy atom. The van der Waals surface area contributed by atoms with E-state index in [2.05, 4.69) is 69.4 Å². The molecule has 0 saturated carbocycles. The lowest BCUT2D eigenvalue weighted by Gasteiger charge is -2.18. The molecular weight excluding hydrogens is 1020 g/mol. The second kappa shape index (κ2) is 71.8. The Morgan fingerprint density at radius 2 is 0.470 bits per heavy atom.